The van der Waals surface area contributed by atoms with E-state index in [9.17, 15) is 9.90 Å². The Kier molecular flexibility index (Phi) is 4.56. The standard InChI is InChI=1S/C30H28O4/c1-16(2)15-22-24-25(27(32)18-10-6-5-9-17(18)26(24)31)23-21-13-14-30(3,4)34-28(21)19-11-7-8-12-20(19)29(23)33-22/h5-15,22,24-26,31H,1-4H3/t22-,24-,25+,26-/m1/s1. The zero-order chi connectivity index (χ0) is 23.8. The maximum Gasteiger partial charge on any atom is 0.171 e. The minimum Gasteiger partial charge on any atom is -0.485 e. The van der Waals surface area contributed by atoms with E-state index in [-0.39, 0.29) is 5.78 Å². The Balaban J connectivity index is 1.71. The summed E-state index contributed by atoms with van der Waals surface area (Å²) in [5, 5.41) is 13.5. The van der Waals surface area contributed by atoms with Gasteiger partial charge in [-0.15, -0.1) is 0 Å². The molecule has 1 aliphatic carbocycles. The lowest BCUT2D eigenvalue weighted by Gasteiger charge is -2.45. The molecule has 0 fully saturated rings. The first kappa shape index (κ1) is 21.2. The van der Waals surface area contributed by atoms with Gasteiger partial charge in [-0.1, -0.05) is 60.2 Å². The van der Waals surface area contributed by atoms with E-state index in [1.54, 1.807) is 0 Å². The van der Waals surface area contributed by atoms with Crippen LogP contribution in [-0.4, -0.2) is 22.6 Å². The summed E-state index contributed by atoms with van der Waals surface area (Å²) in [4.78, 5) is 14.1. The first-order chi connectivity index (χ1) is 16.3. The third kappa shape index (κ3) is 2.98. The number of allylic oxidation sites excluding steroid dienone is 1. The van der Waals surface area contributed by atoms with Gasteiger partial charge in [-0.25, -0.2) is 0 Å². The van der Waals surface area contributed by atoms with Gasteiger partial charge in [0.25, 0.3) is 0 Å². The molecule has 34 heavy (non-hydrogen) atoms. The lowest BCUT2D eigenvalue weighted by Crippen LogP contribution is -2.45. The number of carbonyl (C=O) groups excluding carboxylic acids is 1. The molecule has 0 saturated carbocycles. The summed E-state index contributed by atoms with van der Waals surface area (Å²) in [5.41, 5.74) is 3.57. The van der Waals surface area contributed by atoms with Crippen molar-refractivity contribution in [2.75, 3.05) is 0 Å². The molecule has 0 unspecified atom stereocenters. The number of fused-ring (bicyclic) bond motifs is 9. The van der Waals surface area contributed by atoms with Gasteiger partial charge in [-0.3, -0.25) is 4.79 Å². The minimum atomic E-state index is -0.820. The topological polar surface area (TPSA) is 55.8 Å². The Bertz CT molecular complexity index is 1410. The quantitative estimate of drug-likeness (QED) is 0.435. The van der Waals surface area contributed by atoms with Gasteiger partial charge in [-0.05, 0) is 45.4 Å². The van der Waals surface area contributed by atoms with Gasteiger partial charge >= 0.3 is 0 Å². The fourth-order valence-electron chi connectivity index (χ4n) is 5.80. The Morgan fingerprint density at radius 2 is 1.68 bits per heavy atom. The molecule has 2 heterocycles. The largest absolute Gasteiger partial charge is 0.485 e. The van der Waals surface area contributed by atoms with Crippen molar-refractivity contribution < 1.29 is 19.4 Å². The molecule has 6 rings (SSSR count). The molecule has 3 aromatic rings. The Morgan fingerprint density at radius 1 is 1.00 bits per heavy atom. The van der Waals surface area contributed by atoms with E-state index in [0.29, 0.717) is 16.9 Å². The minimum absolute atomic E-state index is 0.0262. The molecular weight excluding hydrogens is 424 g/mol. The van der Waals surface area contributed by atoms with Crippen LogP contribution in [0.15, 0.2) is 66.3 Å². The molecule has 0 amide bonds. The van der Waals surface area contributed by atoms with Crippen LogP contribution in [0.1, 0.15) is 66.8 Å². The molecule has 4 nitrogen and oxygen atoms in total. The van der Waals surface area contributed by atoms with E-state index in [1.165, 1.54) is 0 Å². The van der Waals surface area contributed by atoms with Crippen molar-refractivity contribution in [3.05, 3.63) is 88.5 Å². The number of hydrogen-bond acceptors (Lipinski definition) is 4. The summed E-state index contributed by atoms with van der Waals surface area (Å²) in [6, 6.07) is 15.5. The SMILES string of the molecule is CC(C)=C[C@H]1Oc2c(c3c(c4ccccc24)OC(C)(C)C=C3)[C@@H]2C(=O)c3ccccc3[C@@H](O)[C@H]12. The van der Waals surface area contributed by atoms with Crippen LogP contribution >= 0.6 is 0 Å². The highest BCUT2D eigenvalue weighted by Crippen LogP contribution is 2.57. The molecule has 4 atom stereocenters. The fourth-order valence-corrected chi connectivity index (χ4v) is 5.80. The summed E-state index contributed by atoms with van der Waals surface area (Å²) in [6.07, 6.45) is 4.88. The van der Waals surface area contributed by atoms with Gasteiger partial charge in [0.15, 0.2) is 5.78 Å². The molecule has 3 aromatic carbocycles. The number of hydrogen-bond donors (Lipinski definition) is 1. The number of aliphatic hydroxyl groups is 1. The molecule has 172 valence electrons. The van der Waals surface area contributed by atoms with Gasteiger partial charge in [0.2, 0.25) is 0 Å². The van der Waals surface area contributed by atoms with E-state index in [0.717, 1.165) is 33.2 Å². The normalized spacial score (nSPS) is 25.9. The second-order valence-electron chi connectivity index (χ2n) is 10.3. The molecule has 0 spiro atoms. The Labute approximate surface area is 199 Å². The Hall–Kier alpha value is -3.37. The molecule has 1 N–H and O–H groups in total. The number of aliphatic hydroxyl groups excluding tert-OH is 1. The number of Topliss-reactive ketones (excluding diaryl/α,β-unsaturated/α-hetero) is 1. The first-order valence-electron chi connectivity index (χ1n) is 11.9. The predicted molar refractivity (Wildman–Crippen MR) is 133 cm³/mol. The average molecular weight is 453 g/mol. The monoisotopic (exact) mass is 452 g/mol. The molecule has 0 saturated heterocycles. The van der Waals surface area contributed by atoms with E-state index >= 15 is 0 Å². The maximum absolute atomic E-state index is 14.1. The summed E-state index contributed by atoms with van der Waals surface area (Å²) >= 11 is 0. The van der Waals surface area contributed by atoms with Crippen LogP contribution in [0.4, 0.5) is 0 Å². The summed E-state index contributed by atoms with van der Waals surface area (Å²) in [6.45, 7) is 8.08. The van der Waals surface area contributed by atoms with Gasteiger partial charge in [0, 0.05) is 33.4 Å². The number of benzene rings is 3. The molecular formula is C30H28O4. The second-order valence-corrected chi connectivity index (χ2v) is 10.3. The molecule has 0 radical (unpaired) electrons. The average Bonchev–Trinajstić information content (AvgIpc) is 2.81. The lowest BCUT2D eigenvalue weighted by molar-refractivity contribution is 0.00977. The molecule has 4 heteroatoms. The fraction of sp³-hybridized carbons (Fsp3) is 0.300. The zero-order valence-electron chi connectivity index (χ0n) is 19.8. The highest BCUT2D eigenvalue weighted by molar-refractivity contribution is 6.08. The smallest absolute Gasteiger partial charge is 0.171 e. The summed E-state index contributed by atoms with van der Waals surface area (Å²) < 4.78 is 13.2. The predicted octanol–water partition coefficient (Wildman–Crippen LogP) is 6.38. The number of carbonyl (C=O) groups is 1. The van der Waals surface area contributed by atoms with Crippen molar-refractivity contribution in [3.8, 4) is 11.5 Å². The van der Waals surface area contributed by atoms with Crippen LogP contribution in [0.5, 0.6) is 11.5 Å². The highest BCUT2D eigenvalue weighted by Gasteiger charge is 2.51. The van der Waals surface area contributed by atoms with Crippen LogP contribution in [0, 0.1) is 5.92 Å². The number of ether oxygens (including phenoxy) is 2. The molecule has 3 aliphatic rings. The van der Waals surface area contributed by atoms with E-state index in [1.807, 2.05) is 88.4 Å². The second kappa shape index (κ2) is 7.31. The Morgan fingerprint density at radius 3 is 2.41 bits per heavy atom. The summed E-state index contributed by atoms with van der Waals surface area (Å²) in [7, 11) is 0. The van der Waals surface area contributed by atoms with Crippen LogP contribution in [-0.2, 0) is 0 Å². The van der Waals surface area contributed by atoms with E-state index < -0.39 is 29.6 Å². The van der Waals surface area contributed by atoms with Crippen molar-refractivity contribution in [3.63, 3.8) is 0 Å². The third-order valence-corrected chi connectivity index (χ3v) is 7.23. The van der Waals surface area contributed by atoms with Gasteiger partial charge < -0.3 is 14.6 Å². The van der Waals surface area contributed by atoms with Crippen molar-refractivity contribution in [2.24, 2.45) is 5.92 Å². The van der Waals surface area contributed by atoms with Crippen molar-refractivity contribution in [2.45, 2.75) is 51.4 Å². The highest BCUT2D eigenvalue weighted by atomic mass is 16.5. The van der Waals surface area contributed by atoms with E-state index in [2.05, 4.69) is 6.08 Å². The number of ketones is 1. The lowest BCUT2D eigenvalue weighted by atomic mass is 9.65. The van der Waals surface area contributed by atoms with Crippen molar-refractivity contribution in [1.82, 2.24) is 0 Å². The molecule has 0 aromatic heterocycles. The van der Waals surface area contributed by atoms with Gasteiger partial charge in [0.1, 0.15) is 23.2 Å². The van der Waals surface area contributed by atoms with Gasteiger partial charge in [-0.2, -0.15) is 0 Å². The maximum atomic E-state index is 14.1. The first-order valence-corrected chi connectivity index (χ1v) is 11.9. The van der Waals surface area contributed by atoms with Crippen LogP contribution in [0.25, 0.3) is 16.8 Å². The summed E-state index contributed by atoms with van der Waals surface area (Å²) in [5.74, 6) is 0.538. The van der Waals surface area contributed by atoms with Crippen molar-refractivity contribution >= 4 is 22.6 Å². The zero-order valence-corrected chi connectivity index (χ0v) is 19.8. The van der Waals surface area contributed by atoms with Gasteiger partial charge in [0.05, 0.1) is 12.0 Å². The third-order valence-electron chi connectivity index (χ3n) is 7.23. The van der Waals surface area contributed by atoms with Crippen LogP contribution in [0.2, 0.25) is 0 Å². The van der Waals surface area contributed by atoms with Crippen LogP contribution < -0.4 is 9.47 Å². The van der Waals surface area contributed by atoms with Crippen molar-refractivity contribution in [1.29, 1.82) is 0 Å². The molecule has 2 aliphatic heterocycles. The van der Waals surface area contributed by atoms with Crippen LogP contribution in [0.3, 0.4) is 0 Å². The number of rotatable bonds is 1. The van der Waals surface area contributed by atoms with E-state index in [4.69, 9.17) is 9.47 Å². The molecule has 0 bridgehead atoms.